The van der Waals surface area contributed by atoms with Crippen molar-refractivity contribution in [2.75, 3.05) is 0 Å². The van der Waals surface area contributed by atoms with Gasteiger partial charge in [0.25, 0.3) is 0 Å². The van der Waals surface area contributed by atoms with Gasteiger partial charge in [-0.2, -0.15) is 0 Å². The highest BCUT2D eigenvalue weighted by Crippen LogP contribution is 2.29. The van der Waals surface area contributed by atoms with Crippen molar-refractivity contribution in [1.82, 2.24) is 0 Å². The Kier molecular flexibility index (Phi) is 5.37. The summed E-state index contributed by atoms with van der Waals surface area (Å²) in [5.41, 5.74) is 0.951. The van der Waals surface area contributed by atoms with E-state index in [1.54, 1.807) is 0 Å². The number of hydrogen-bond donors (Lipinski definition) is 0. The molecule has 1 saturated heterocycles. The normalized spacial score (nSPS) is 22.0. The van der Waals surface area contributed by atoms with Crippen LogP contribution in [0.4, 0.5) is 0 Å². The third kappa shape index (κ3) is 4.88. The van der Waals surface area contributed by atoms with E-state index in [9.17, 15) is 9.59 Å². The summed E-state index contributed by atoms with van der Waals surface area (Å²) in [7, 11) is 0. The lowest BCUT2D eigenvalue weighted by Gasteiger charge is -2.30. The number of carbonyl (C=O) groups is 2. The molecular formula is C17H22O4. The molecule has 1 aromatic carbocycles. The highest BCUT2D eigenvalue weighted by Gasteiger charge is 2.31. The highest BCUT2D eigenvalue weighted by molar-refractivity contribution is 5.73. The number of carbonyl (C=O) groups excluding carboxylic acids is 2. The van der Waals surface area contributed by atoms with E-state index in [2.05, 4.69) is 13.8 Å². The van der Waals surface area contributed by atoms with Gasteiger partial charge in [-0.1, -0.05) is 44.2 Å². The third-order valence-electron chi connectivity index (χ3n) is 3.87. The first-order chi connectivity index (χ1) is 10.0. The molecule has 2 rings (SSSR count). The van der Waals surface area contributed by atoms with E-state index in [-0.39, 0.29) is 37.0 Å². The van der Waals surface area contributed by atoms with Crippen LogP contribution in [-0.4, -0.2) is 18.0 Å². The van der Waals surface area contributed by atoms with Crippen LogP contribution in [0.25, 0.3) is 0 Å². The molecular weight excluding hydrogens is 268 g/mol. The van der Waals surface area contributed by atoms with Gasteiger partial charge in [-0.15, -0.1) is 0 Å². The second-order valence-corrected chi connectivity index (χ2v) is 5.91. The number of rotatable bonds is 5. The maximum absolute atomic E-state index is 11.9. The SMILES string of the molecule is CC(C)C1CC(=O)OC(CC(=O)OCc2ccccc2)C1. The average Bonchev–Trinajstić information content (AvgIpc) is 2.45. The molecule has 0 aromatic heterocycles. The smallest absolute Gasteiger partial charge is 0.309 e. The fourth-order valence-corrected chi connectivity index (χ4v) is 2.53. The highest BCUT2D eigenvalue weighted by atomic mass is 16.6. The summed E-state index contributed by atoms with van der Waals surface area (Å²) in [6, 6.07) is 9.53. The van der Waals surface area contributed by atoms with E-state index in [1.807, 2.05) is 30.3 Å². The zero-order valence-corrected chi connectivity index (χ0v) is 12.6. The second-order valence-electron chi connectivity index (χ2n) is 5.91. The van der Waals surface area contributed by atoms with Crippen LogP contribution in [0.3, 0.4) is 0 Å². The molecule has 2 unspecified atom stereocenters. The molecule has 1 aromatic rings. The summed E-state index contributed by atoms with van der Waals surface area (Å²) in [6.45, 7) is 4.44. The number of esters is 2. The maximum atomic E-state index is 11.9. The van der Waals surface area contributed by atoms with Gasteiger partial charge < -0.3 is 9.47 Å². The summed E-state index contributed by atoms with van der Waals surface area (Å²) < 4.78 is 10.5. The van der Waals surface area contributed by atoms with Crippen molar-refractivity contribution in [2.45, 2.75) is 45.8 Å². The molecule has 21 heavy (non-hydrogen) atoms. The zero-order valence-electron chi connectivity index (χ0n) is 12.6. The van der Waals surface area contributed by atoms with Crippen molar-refractivity contribution in [2.24, 2.45) is 11.8 Å². The summed E-state index contributed by atoms with van der Waals surface area (Å²) in [5, 5.41) is 0. The molecule has 1 aliphatic heterocycles. The molecule has 1 heterocycles. The van der Waals surface area contributed by atoms with Gasteiger partial charge in [0.1, 0.15) is 12.7 Å². The fraction of sp³-hybridized carbons (Fsp3) is 0.529. The molecule has 0 amide bonds. The van der Waals surface area contributed by atoms with Crippen LogP contribution in [-0.2, 0) is 25.7 Å². The summed E-state index contributed by atoms with van der Waals surface area (Å²) in [6.07, 6.45) is 0.987. The lowest BCUT2D eigenvalue weighted by Crippen LogP contribution is -2.33. The predicted octanol–water partition coefficient (Wildman–Crippen LogP) is 3.10. The van der Waals surface area contributed by atoms with E-state index < -0.39 is 0 Å². The van der Waals surface area contributed by atoms with E-state index >= 15 is 0 Å². The van der Waals surface area contributed by atoms with Crippen LogP contribution in [0.15, 0.2) is 30.3 Å². The Bertz CT molecular complexity index is 481. The molecule has 4 heteroatoms. The minimum absolute atomic E-state index is 0.141. The van der Waals surface area contributed by atoms with Gasteiger partial charge in [0, 0.05) is 6.42 Å². The number of cyclic esters (lactones) is 1. The molecule has 0 radical (unpaired) electrons. The predicted molar refractivity (Wildman–Crippen MR) is 78.3 cm³/mol. The quantitative estimate of drug-likeness (QED) is 0.782. The van der Waals surface area contributed by atoms with Crippen LogP contribution in [0.1, 0.15) is 38.7 Å². The van der Waals surface area contributed by atoms with Gasteiger partial charge in [0.2, 0.25) is 0 Å². The number of hydrogen-bond acceptors (Lipinski definition) is 4. The van der Waals surface area contributed by atoms with Gasteiger partial charge in [-0.25, -0.2) is 0 Å². The Morgan fingerprint density at radius 3 is 2.71 bits per heavy atom. The lowest BCUT2D eigenvalue weighted by molar-refractivity contribution is -0.163. The van der Waals surface area contributed by atoms with E-state index in [0.29, 0.717) is 12.3 Å². The topological polar surface area (TPSA) is 52.6 Å². The molecule has 0 N–H and O–H groups in total. The van der Waals surface area contributed by atoms with Crippen molar-refractivity contribution in [3.63, 3.8) is 0 Å². The standard InChI is InChI=1S/C17H22O4/c1-12(2)14-8-15(21-17(19)9-14)10-16(18)20-11-13-6-4-3-5-7-13/h3-7,12,14-15H,8-11H2,1-2H3. The average molecular weight is 290 g/mol. The van der Waals surface area contributed by atoms with Crippen LogP contribution in [0, 0.1) is 11.8 Å². The monoisotopic (exact) mass is 290 g/mol. The van der Waals surface area contributed by atoms with E-state index in [4.69, 9.17) is 9.47 Å². The van der Waals surface area contributed by atoms with Gasteiger partial charge >= 0.3 is 11.9 Å². The molecule has 1 fully saturated rings. The minimum atomic E-state index is -0.345. The van der Waals surface area contributed by atoms with Crippen molar-refractivity contribution >= 4 is 11.9 Å². The first-order valence-corrected chi connectivity index (χ1v) is 7.43. The van der Waals surface area contributed by atoms with Crippen molar-refractivity contribution in [3.05, 3.63) is 35.9 Å². The first kappa shape index (κ1) is 15.5. The van der Waals surface area contributed by atoms with Gasteiger partial charge in [-0.3, -0.25) is 9.59 Å². The van der Waals surface area contributed by atoms with Gasteiger partial charge in [0.15, 0.2) is 0 Å². The fourth-order valence-electron chi connectivity index (χ4n) is 2.53. The minimum Gasteiger partial charge on any atom is -0.462 e. The lowest BCUT2D eigenvalue weighted by atomic mass is 9.85. The summed E-state index contributed by atoms with van der Waals surface area (Å²) >= 11 is 0. The van der Waals surface area contributed by atoms with Crippen molar-refractivity contribution in [1.29, 1.82) is 0 Å². The number of benzene rings is 1. The van der Waals surface area contributed by atoms with Crippen LogP contribution >= 0.6 is 0 Å². The van der Waals surface area contributed by atoms with Gasteiger partial charge in [-0.05, 0) is 23.8 Å². The molecule has 1 aliphatic rings. The van der Waals surface area contributed by atoms with Crippen LogP contribution in [0.5, 0.6) is 0 Å². The van der Waals surface area contributed by atoms with Crippen LogP contribution in [0.2, 0.25) is 0 Å². The number of ether oxygens (including phenoxy) is 2. The van der Waals surface area contributed by atoms with E-state index in [0.717, 1.165) is 12.0 Å². The first-order valence-electron chi connectivity index (χ1n) is 7.43. The molecule has 0 saturated carbocycles. The molecule has 4 nitrogen and oxygen atoms in total. The maximum Gasteiger partial charge on any atom is 0.309 e. The molecule has 114 valence electrons. The van der Waals surface area contributed by atoms with Crippen molar-refractivity contribution < 1.29 is 19.1 Å². The summed E-state index contributed by atoms with van der Waals surface area (Å²) in [5.74, 6) is 0.181. The Labute approximate surface area is 125 Å². The third-order valence-corrected chi connectivity index (χ3v) is 3.87. The Morgan fingerprint density at radius 2 is 2.05 bits per heavy atom. The van der Waals surface area contributed by atoms with Crippen molar-refractivity contribution in [3.8, 4) is 0 Å². The molecule has 0 bridgehead atoms. The molecule has 0 aliphatic carbocycles. The largest absolute Gasteiger partial charge is 0.462 e. The Morgan fingerprint density at radius 1 is 1.33 bits per heavy atom. The molecule has 2 atom stereocenters. The summed E-state index contributed by atoms with van der Waals surface area (Å²) in [4.78, 5) is 23.4. The van der Waals surface area contributed by atoms with E-state index in [1.165, 1.54) is 0 Å². The Balaban J connectivity index is 1.80. The van der Waals surface area contributed by atoms with Crippen LogP contribution < -0.4 is 0 Å². The Hall–Kier alpha value is -1.84. The second kappa shape index (κ2) is 7.25. The molecule has 0 spiro atoms. The zero-order chi connectivity index (χ0) is 15.2. The van der Waals surface area contributed by atoms with Gasteiger partial charge in [0.05, 0.1) is 6.42 Å².